The number of amides is 1. The molecule has 6 heteroatoms. The average Bonchev–Trinajstić information content (AvgIpc) is 3.17. The Morgan fingerprint density at radius 1 is 1.20 bits per heavy atom. The molecule has 3 rings (SSSR count). The van der Waals surface area contributed by atoms with Crippen LogP contribution in [-0.2, 0) is 11.2 Å². The van der Waals surface area contributed by atoms with Crippen molar-refractivity contribution in [2.45, 2.75) is 25.3 Å². The first-order valence-corrected chi connectivity index (χ1v) is 9.14. The highest BCUT2D eigenvalue weighted by Crippen LogP contribution is 2.26. The third kappa shape index (κ3) is 4.44. The molecule has 2 aliphatic heterocycles. The summed E-state index contributed by atoms with van der Waals surface area (Å²) in [5.74, 6) is 1.85. The number of nitrogens with one attached hydrogen (secondary N) is 1. The number of benzene rings is 1. The van der Waals surface area contributed by atoms with Gasteiger partial charge in [-0.15, -0.1) is 0 Å². The number of ether oxygens (including phenoxy) is 2. The zero-order chi connectivity index (χ0) is 17.6. The highest BCUT2D eigenvalue weighted by atomic mass is 16.5. The summed E-state index contributed by atoms with van der Waals surface area (Å²) in [5, 5.41) is 3.39. The van der Waals surface area contributed by atoms with Crippen molar-refractivity contribution < 1.29 is 14.3 Å². The molecule has 138 valence electrons. The quantitative estimate of drug-likeness (QED) is 0.836. The first-order valence-electron chi connectivity index (χ1n) is 9.14. The van der Waals surface area contributed by atoms with Gasteiger partial charge >= 0.3 is 0 Å². The number of carbonyl (C=O) groups excluding carboxylic acids is 1. The van der Waals surface area contributed by atoms with Gasteiger partial charge in [-0.3, -0.25) is 9.69 Å². The summed E-state index contributed by atoms with van der Waals surface area (Å²) in [5.41, 5.74) is 1.02. The Bertz CT molecular complexity index is 587. The maximum absolute atomic E-state index is 12.6. The molecule has 0 saturated carbocycles. The average molecular weight is 347 g/mol. The third-order valence-corrected chi connectivity index (χ3v) is 5.28. The fourth-order valence-corrected chi connectivity index (χ4v) is 3.79. The maximum atomic E-state index is 12.6. The fraction of sp³-hybridized carbons (Fsp3) is 0.632. The van der Waals surface area contributed by atoms with E-state index in [2.05, 4.69) is 10.2 Å². The van der Waals surface area contributed by atoms with E-state index in [0.29, 0.717) is 18.9 Å². The highest BCUT2D eigenvalue weighted by molar-refractivity contribution is 5.77. The Labute approximate surface area is 150 Å². The van der Waals surface area contributed by atoms with E-state index in [-0.39, 0.29) is 5.91 Å². The topological polar surface area (TPSA) is 54.0 Å². The third-order valence-electron chi connectivity index (χ3n) is 5.28. The minimum absolute atomic E-state index is 0.238. The zero-order valence-corrected chi connectivity index (χ0v) is 15.3. The van der Waals surface area contributed by atoms with E-state index in [1.165, 1.54) is 0 Å². The molecule has 0 radical (unpaired) electrons. The highest BCUT2D eigenvalue weighted by Gasteiger charge is 2.30. The van der Waals surface area contributed by atoms with Crippen LogP contribution in [0.15, 0.2) is 18.2 Å². The number of hydrogen-bond donors (Lipinski definition) is 1. The van der Waals surface area contributed by atoms with Gasteiger partial charge in [0.2, 0.25) is 5.91 Å². The van der Waals surface area contributed by atoms with Crippen LogP contribution in [-0.4, -0.2) is 75.2 Å². The summed E-state index contributed by atoms with van der Waals surface area (Å²) in [6.45, 7) is 6.04. The molecular formula is C19H29N3O3. The van der Waals surface area contributed by atoms with Crippen molar-refractivity contribution in [2.24, 2.45) is 0 Å². The van der Waals surface area contributed by atoms with Crippen molar-refractivity contribution in [1.29, 1.82) is 0 Å². The number of likely N-dealkylation sites (tertiary alicyclic amines) is 1. The van der Waals surface area contributed by atoms with Crippen LogP contribution in [0.25, 0.3) is 0 Å². The van der Waals surface area contributed by atoms with E-state index in [1.807, 2.05) is 23.1 Å². The number of aryl methyl sites for hydroxylation is 1. The molecule has 1 N–H and O–H groups in total. The predicted molar refractivity (Wildman–Crippen MR) is 97.3 cm³/mol. The monoisotopic (exact) mass is 347 g/mol. The molecule has 2 heterocycles. The van der Waals surface area contributed by atoms with E-state index in [1.54, 1.807) is 14.2 Å². The molecule has 1 unspecified atom stereocenters. The lowest BCUT2D eigenvalue weighted by Gasteiger charge is -2.32. The molecule has 1 atom stereocenters. The number of rotatable bonds is 6. The Hall–Kier alpha value is -1.79. The van der Waals surface area contributed by atoms with Crippen molar-refractivity contribution in [3.05, 3.63) is 23.8 Å². The van der Waals surface area contributed by atoms with E-state index in [9.17, 15) is 4.79 Å². The maximum Gasteiger partial charge on any atom is 0.222 e. The van der Waals surface area contributed by atoms with Gasteiger partial charge in [-0.2, -0.15) is 0 Å². The minimum Gasteiger partial charge on any atom is -0.497 e. The molecule has 0 spiro atoms. The summed E-state index contributed by atoms with van der Waals surface area (Å²) >= 11 is 0. The van der Waals surface area contributed by atoms with Gasteiger partial charge in [0, 0.05) is 51.7 Å². The van der Waals surface area contributed by atoms with E-state index in [0.717, 1.165) is 62.8 Å². The number of hydrogen-bond acceptors (Lipinski definition) is 5. The van der Waals surface area contributed by atoms with Crippen LogP contribution in [0.4, 0.5) is 0 Å². The van der Waals surface area contributed by atoms with Crippen molar-refractivity contribution >= 4 is 5.91 Å². The Morgan fingerprint density at radius 2 is 2.00 bits per heavy atom. The second-order valence-electron chi connectivity index (χ2n) is 6.75. The molecule has 2 fully saturated rings. The normalized spacial score (nSPS) is 21.4. The van der Waals surface area contributed by atoms with Crippen LogP contribution in [0.1, 0.15) is 18.4 Å². The molecule has 6 nitrogen and oxygen atoms in total. The van der Waals surface area contributed by atoms with Crippen LogP contribution in [0.5, 0.6) is 11.5 Å². The Kier molecular flexibility index (Phi) is 6.15. The standard InChI is InChI=1S/C19H29N3O3/c1-24-17-4-5-18(25-2)15(13-17)3-6-19(23)22-10-7-16(14-22)21-11-8-20-9-12-21/h4-5,13,16,20H,3,6-12,14H2,1-2H3. The van der Waals surface area contributed by atoms with E-state index >= 15 is 0 Å². The molecule has 25 heavy (non-hydrogen) atoms. The van der Waals surface area contributed by atoms with Crippen molar-refractivity contribution in [1.82, 2.24) is 15.1 Å². The molecule has 0 aromatic heterocycles. The first kappa shape index (κ1) is 18.0. The van der Waals surface area contributed by atoms with Crippen LogP contribution in [0.3, 0.4) is 0 Å². The van der Waals surface area contributed by atoms with Gasteiger partial charge in [-0.25, -0.2) is 0 Å². The lowest BCUT2D eigenvalue weighted by atomic mass is 10.1. The molecular weight excluding hydrogens is 318 g/mol. The van der Waals surface area contributed by atoms with E-state index < -0.39 is 0 Å². The molecule has 0 bridgehead atoms. The van der Waals surface area contributed by atoms with Crippen molar-refractivity contribution in [3.8, 4) is 11.5 Å². The second-order valence-corrected chi connectivity index (χ2v) is 6.75. The summed E-state index contributed by atoms with van der Waals surface area (Å²) < 4.78 is 10.7. The van der Waals surface area contributed by atoms with Crippen LogP contribution < -0.4 is 14.8 Å². The Morgan fingerprint density at radius 3 is 2.72 bits per heavy atom. The second kappa shape index (κ2) is 8.54. The fourth-order valence-electron chi connectivity index (χ4n) is 3.79. The SMILES string of the molecule is COc1ccc(OC)c(CCC(=O)N2CCC(N3CCNCC3)C2)c1. The van der Waals surface area contributed by atoms with Gasteiger partial charge in [0.25, 0.3) is 0 Å². The van der Waals surface area contributed by atoms with Gasteiger partial charge in [0.1, 0.15) is 11.5 Å². The van der Waals surface area contributed by atoms with Gasteiger partial charge in [0.15, 0.2) is 0 Å². The van der Waals surface area contributed by atoms with Crippen LogP contribution in [0.2, 0.25) is 0 Å². The minimum atomic E-state index is 0.238. The summed E-state index contributed by atoms with van der Waals surface area (Å²) in [6, 6.07) is 6.26. The van der Waals surface area contributed by atoms with Gasteiger partial charge in [-0.05, 0) is 36.6 Å². The number of nitrogens with zero attached hydrogens (tertiary/aromatic N) is 2. The van der Waals surface area contributed by atoms with E-state index in [4.69, 9.17) is 9.47 Å². The van der Waals surface area contributed by atoms with Crippen molar-refractivity contribution in [3.63, 3.8) is 0 Å². The smallest absolute Gasteiger partial charge is 0.222 e. The summed E-state index contributed by atoms with van der Waals surface area (Å²) in [4.78, 5) is 17.2. The lowest BCUT2D eigenvalue weighted by Crippen LogP contribution is -2.49. The van der Waals surface area contributed by atoms with Crippen LogP contribution in [0, 0.1) is 0 Å². The molecule has 1 aromatic carbocycles. The number of methoxy groups -OCH3 is 2. The predicted octanol–water partition coefficient (Wildman–Crippen LogP) is 1.14. The Balaban J connectivity index is 1.53. The summed E-state index contributed by atoms with van der Waals surface area (Å²) in [6.07, 6.45) is 2.28. The zero-order valence-electron chi connectivity index (χ0n) is 15.3. The molecule has 1 aromatic rings. The molecule has 2 aliphatic rings. The van der Waals surface area contributed by atoms with Crippen LogP contribution >= 0.6 is 0 Å². The van der Waals surface area contributed by atoms with Crippen molar-refractivity contribution in [2.75, 3.05) is 53.5 Å². The van der Waals surface area contributed by atoms with Gasteiger partial charge in [0.05, 0.1) is 14.2 Å². The molecule has 1 amide bonds. The first-order chi connectivity index (χ1) is 12.2. The van der Waals surface area contributed by atoms with Gasteiger partial charge < -0.3 is 19.7 Å². The number of piperazine rings is 1. The lowest BCUT2D eigenvalue weighted by molar-refractivity contribution is -0.130. The largest absolute Gasteiger partial charge is 0.497 e. The summed E-state index contributed by atoms with van der Waals surface area (Å²) in [7, 11) is 3.31. The molecule has 2 saturated heterocycles. The van der Waals surface area contributed by atoms with Gasteiger partial charge in [-0.1, -0.05) is 0 Å². The number of carbonyl (C=O) groups is 1. The molecule has 0 aliphatic carbocycles.